The van der Waals surface area contributed by atoms with E-state index in [1.807, 2.05) is 19.3 Å². The number of rotatable bonds is 9. The summed E-state index contributed by atoms with van der Waals surface area (Å²) in [6.45, 7) is 2.20. The zero-order valence-electron chi connectivity index (χ0n) is 19.0. The Bertz CT molecular complexity index is 1210. The normalized spacial score (nSPS) is 13.4. The number of aliphatic hydroxyl groups is 1. The fourth-order valence-electron chi connectivity index (χ4n) is 4.31. The summed E-state index contributed by atoms with van der Waals surface area (Å²) >= 11 is 13.0. The van der Waals surface area contributed by atoms with Crippen LogP contribution in [0.25, 0.3) is 22.2 Å². The van der Waals surface area contributed by atoms with Crippen LogP contribution in [0.1, 0.15) is 24.1 Å². The van der Waals surface area contributed by atoms with Crippen LogP contribution < -0.4 is 10.6 Å². The number of aromatic nitrogens is 3. The molecule has 0 fully saturated rings. The molecule has 2 amide bonds. The third kappa shape index (κ3) is 5.07. The summed E-state index contributed by atoms with van der Waals surface area (Å²) in [5.74, 6) is -0.284. The van der Waals surface area contributed by atoms with Crippen molar-refractivity contribution in [3.8, 4) is 11.3 Å². The molecule has 0 saturated carbocycles. The van der Waals surface area contributed by atoms with Crippen molar-refractivity contribution in [2.45, 2.75) is 32.4 Å². The van der Waals surface area contributed by atoms with Crippen LogP contribution in [0.15, 0.2) is 18.3 Å². The fraction of sp³-hybridized carbons (Fsp3) is 0.435. The molecule has 0 saturated heterocycles. The molecule has 11 heteroatoms. The highest BCUT2D eigenvalue weighted by molar-refractivity contribution is 6.45. The van der Waals surface area contributed by atoms with Crippen LogP contribution in [-0.4, -0.2) is 69.9 Å². The highest BCUT2D eigenvalue weighted by Crippen LogP contribution is 2.41. The first-order valence-corrected chi connectivity index (χ1v) is 12.0. The molecule has 1 aromatic carbocycles. The Balaban J connectivity index is 1.57. The van der Waals surface area contributed by atoms with Crippen molar-refractivity contribution >= 4 is 45.9 Å². The molecule has 182 valence electrons. The predicted octanol–water partition coefficient (Wildman–Crippen LogP) is 2.33. The van der Waals surface area contributed by atoms with Gasteiger partial charge < -0.3 is 25.6 Å². The number of hydrogen-bond acceptors (Lipinski definition) is 5. The molecule has 0 unspecified atom stereocenters. The zero-order valence-corrected chi connectivity index (χ0v) is 20.5. The molecular weight excluding hydrogens is 479 g/mol. The Morgan fingerprint density at radius 1 is 1.29 bits per heavy atom. The Labute approximate surface area is 207 Å². The van der Waals surface area contributed by atoms with Crippen LogP contribution in [-0.2, 0) is 29.1 Å². The number of benzene rings is 1. The smallest absolute Gasteiger partial charge is 0.248 e. The summed E-state index contributed by atoms with van der Waals surface area (Å²) in [7, 11) is 1.86. The maximum atomic E-state index is 12.1. The van der Waals surface area contributed by atoms with Gasteiger partial charge in [-0.2, -0.15) is 5.10 Å². The van der Waals surface area contributed by atoms with Gasteiger partial charge in [0.25, 0.3) is 0 Å². The lowest BCUT2D eigenvalue weighted by molar-refractivity contribution is -0.135. The molecule has 34 heavy (non-hydrogen) atoms. The fourth-order valence-corrected chi connectivity index (χ4v) is 4.71. The molecule has 0 spiro atoms. The monoisotopic (exact) mass is 506 g/mol. The predicted molar refractivity (Wildman–Crippen MR) is 132 cm³/mol. The lowest BCUT2D eigenvalue weighted by Gasteiger charge is -2.26. The topological polar surface area (TPSA) is 115 Å². The number of halogens is 2. The van der Waals surface area contributed by atoms with Gasteiger partial charge in [-0.05, 0) is 32.1 Å². The van der Waals surface area contributed by atoms with Crippen molar-refractivity contribution in [1.82, 2.24) is 30.3 Å². The van der Waals surface area contributed by atoms with Crippen LogP contribution in [0.5, 0.6) is 0 Å². The Morgan fingerprint density at radius 3 is 2.88 bits per heavy atom. The first-order chi connectivity index (χ1) is 16.4. The molecule has 3 aromatic rings. The zero-order chi connectivity index (χ0) is 24.2. The van der Waals surface area contributed by atoms with Crippen molar-refractivity contribution in [3.05, 3.63) is 39.6 Å². The van der Waals surface area contributed by atoms with E-state index >= 15 is 0 Å². The van der Waals surface area contributed by atoms with E-state index in [-0.39, 0.29) is 11.8 Å². The van der Waals surface area contributed by atoms with Crippen LogP contribution >= 0.6 is 23.2 Å². The standard InChI is InChI=1S/C23H28Cl2N6O3/c1-26-6-2-3-19(33)27-7-10-31-9-5-18(29-31)14-11-16(24)22(25)23-21(14)15-12-30(20(34)13-32)8-4-17(15)28-23/h5,9,11,26,28,32H,2-4,6-8,10,12-13H2,1H3,(H,27,33). The van der Waals surface area contributed by atoms with Crippen molar-refractivity contribution < 1.29 is 14.7 Å². The van der Waals surface area contributed by atoms with Gasteiger partial charge in [-0.15, -0.1) is 0 Å². The number of carbonyl (C=O) groups is 2. The van der Waals surface area contributed by atoms with E-state index in [1.165, 1.54) is 0 Å². The van der Waals surface area contributed by atoms with Crippen LogP contribution in [0.2, 0.25) is 10.0 Å². The van der Waals surface area contributed by atoms with Gasteiger partial charge in [-0.3, -0.25) is 14.3 Å². The quantitative estimate of drug-likeness (QED) is 0.332. The summed E-state index contributed by atoms with van der Waals surface area (Å²) in [5, 5.41) is 21.6. The summed E-state index contributed by atoms with van der Waals surface area (Å²) in [6.07, 6.45) is 3.77. The minimum atomic E-state index is -0.520. The first-order valence-electron chi connectivity index (χ1n) is 11.3. The van der Waals surface area contributed by atoms with E-state index in [4.69, 9.17) is 28.3 Å². The van der Waals surface area contributed by atoms with E-state index in [9.17, 15) is 14.7 Å². The molecule has 0 aliphatic carbocycles. The van der Waals surface area contributed by atoms with Crippen LogP contribution in [0, 0.1) is 0 Å². The van der Waals surface area contributed by atoms with Gasteiger partial charge in [-0.25, -0.2) is 0 Å². The number of carbonyl (C=O) groups excluding carboxylic acids is 2. The minimum absolute atomic E-state index is 0.0229. The second kappa shape index (κ2) is 10.8. The number of hydrogen-bond donors (Lipinski definition) is 4. The Hall–Kier alpha value is -2.59. The van der Waals surface area contributed by atoms with E-state index in [0.717, 1.165) is 46.4 Å². The van der Waals surface area contributed by atoms with Gasteiger partial charge in [0.2, 0.25) is 11.8 Å². The van der Waals surface area contributed by atoms with Gasteiger partial charge in [0, 0.05) is 60.9 Å². The summed E-state index contributed by atoms with van der Waals surface area (Å²) < 4.78 is 1.78. The van der Waals surface area contributed by atoms with E-state index < -0.39 is 6.61 Å². The molecular formula is C23H28Cl2N6O3. The van der Waals surface area contributed by atoms with Crippen LogP contribution in [0.3, 0.4) is 0 Å². The average molecular weight is 507 g/mol. The SMILES string of the molecule is CNCCCC(=O)NCCn1ccc(-c2cc(Cl)c(Cl)c3[nH]c4c(c23)CN(C(=O)CO)CC4)n1. The number of amides is 2. The summed E-state index contributed by atoms with van der Waals surface area (Å²) in [5.41, 5.74) is 4.21. The molecule has 1 aliphatic heterocycles. The number of H-pyrrole nitrogens is 1. The molecule has 3 heterocycles. The summed E-state index contributed by atoms with van der Waals surface area (Å²) in [4.78, 5) is 29.0. The average Bonchev–Trinajstić information content (AvgIpc) is 3.46. The van der Waals surface area contributed by atoms with Gasteiger partial charge in [-0.1, -0.05) is 23.2 Å². The van der Waals surface area contributed by atoms with Crippen molar-refractivity contribution in [1.29, 1.82) is 0 Å². The number of nitrogens with zero attached hydrogens (tertiary/aromatic N) is 3. The van der Waals surface area contributed by atoms with Gasteiger partial charge >= 0.3 is 0 Å². The van der Waals surface area contributed by atoms with Crippen molar-refractivity contribution in [2.24, 2.45) is 0 Å². The number of nitrogens with one attached hydrogen (secondary N) is 3. The lowest BCUT2D eigenvalue weighted by Crippen LogP contribution is -2.37. The van der Waals surface area contributed by atoms with Crippen molar-refractivity contribution in [3.63, 3.8) is 0 Å². The second-order valence-corrected chi connectivity index (χ2v) is 9.08. The summed E-state index contributed by atoms with van der Waals surface area (Å²) in [6, 6.07) is 3.69. The van der Waals surface area contributed by atoms with Crippen LogP contribution in [0.4, 0.5) is 0 Å². The van der Waals surface area contributed by atoms with Gasteiger partial charge in [0.15, 0.2) is 0 Å². The molecule has 0 atom stereocenters. The molecule has 0 radical (unpaired) electrons. The largest absolute Gasteiger partial charge is 0.387 e. The number of fused-ring (bicyclic) bond motifs is 3. The molecule has 9 nitrogen and oxygen atoms in total. The minimum Gasteiger partial charge on any atom is -0.387 e. The number of aliphatic hydroxyl groups excluding tert-OH is 1. The molecule has 1 aliphatic rings. The Kier molecular flexibility index (Phi) is 7.77. The third-order valence-electron chi connectivity index (χ3n) is 6.04. The number of aromatic amines is 1. The highest BCUT2D eigenvalue weighted by Gasteiger charge is 2.27. The van der Waals surface area contributed by atoms with E-state index in [1.54, 1.807) is 15.6 Å². The van der Waals surface area contributed by atoms with Gasteiger partial charge in [0.05, 0.1) is 27.8 Å². The molecule has 2 aromatic heterocycles. The maximum Gasteiger partial charge on any atom is 0.248 e. The molecule has 4 rings (SSSR count). The van der Waals surface area contributed by atoms with Crippen molar-refractivity contribution in [2.75, 3.05) is 33.3 Å². The molecule has 0 bridgehead atoms. The van der Waals surface area contributed by atoms with Gasteiger partial charge in [0.1, 0.15) is 6.61 Å². The lowest BCUT2D eigenvalue weighted by atomic mass is 9.99. The second-order valence-electron chi connectivity index (χ2n) is 8.30. The first kappa shape index (κ1) is 24.5. The molecule has 4 N–H and O–H groups in total. The maximum absolute atomic E-state index is 12.1. The van der Waals surface area contributed by atoms with E-state index in [2.05, 4.69) is 15.6 Å². The Morgan fingerprint density at radius 2 is 2.12 bits per heavy atom. The highest BCUT2D eigenvalue weighted by atomic mass is 35.5. The van der Waals surface area contributed by atoms with E-state index in [0.29, 0.717) is 49.1 Å². The third-order valence-corrected chi connectivity index (χ3v) is 6.83.